The van der Waals surface area contributed by atoms with Crippen LogP contribution in [-0.2, 0) is 11.2 Å². The summed E-state index contributed by atoms with van der Waals surface area (Å²) in [4.78, 5) is 15.6. The highest BCUT2D eigenvalue weighted by molar-refractivity contribution is 5.79. The average Bonchev–Trinajstić information content (AvgIpc) is 2.61. The monoisotopic (exact) mass is 386 g/mol. The number of halogens is 3. The van der Waals surface area contributed by atoms with E-state index >= 15 is 0 Å². The van der Waals surface area contributed by atoms with Crippen LogP contribution in [0.3, 0.4) is 0 Å². The zero-order chi connectivity index (χ0) is 20.1. The van der Waals surface area contributed by atoms with Crippen molar-refractivity contribution >= 4 is 17.3 Å². The Morgan fingerprint density at radius 3 is 2.50 bits per heavy atom. The number of carbonyl (C=O) groups is 1. The molecule has 0 aliphatic carbocycles. The van der Waals surface area contributed by atoms with E-state index in [2.05, 4.69) is 15.0 Å². The van der Waals surface area contributed by atoms with Gasteiger partial charge in [0.15, 0.2) is 0 Å². The van der Waals surface area contributed by atoms with E-state index in [-0.39, 0.29) is 11.5 Å². The van der Waals surface area contributed by atoms with Gasteiger partial charge in [0.25, 0.3) is 0 Å². The molecule has 0 spiro atoms. The third kappa shape index (κ3) is 5.57. The molecule has 1 aromatic heterocycles. The fourth-order valence-electron chi connectivity index (χ4n) is 2.71. The second-order valence-electron chi connectivity index (χ2n) is 6.21. The van der Waals surface area contributed by atoms with Crippen LogP contribution < -0.4 is 10.1 Å². The summed E-state index contributed by atoms with van der Waals surface area (Å²) in [5.41, 5.74) is 3.14. The molecule has 3 aromatic rings. The van der Waals surface area contributed by atoms with Crippen molar-refractivity contribution in [2.24, 2.45) is 0 Å². The number of anilines is 2. The number of hydrogen-bond donors (Lipinski definition) is 1. The zero-order valence-corrected chi connectivity index (χ0v) is 15.0. The van der Waals surface area contributed by atoms with Gasteiger partial charge >= 0.3 is 6.36 Å². The Labute approximate surface area is 160 Å². The zero-order valence-electron chi connectivity index (χ0n) is 15.0. The maximum atomic E-state index is 12.3. The first-order valence-corrected chi connectivity index (χ1v) is 8.46. The molecule has 0 saturated heterocycles. The predicted molar refractivity (Wildman–Crippen MR) is 100 cm³/mol. The van der Waals surface area contributed by atoms with Crippen LogP contribution in [0.15, 0.2) is 66.9 Å². The molecule has 144 valence electrons. The lowest BCUT2D eigenvalue weighted by Gasteiger charge is -2.11. The van der Waals surface area contributed by atoms with Crippen LogP contribution in [0.1, 0.15) is 12.5 Å². The van der Waals surface area contributed by atoms with Gasteiger partial charge in [-0.3, -0.25) is 4.79 Å². The summed E-state index contributed by atoms with van der Waals surface area (Å²) >= 11 is 0. The van der Waals surface area contributed by atoms with Gasteiger partial charge < -0.3 is 10.1 Å². The van der Waals surface area contributed by atoms with Gasteiger partial charge in [0.1, 0.15) is 17.4 Å². The van der Waals surface area contributed by atoms with Crippen molar-refractivity contribution in [3.05, 3.63) is 72.4 Å². The van der Waals surface area contributed by atoms with Crippen molar-refractivity contribution in [3.63, 3.8) is 0 Å². The van der Waals surface area contributed by atoms with Crippen molar-refractivity contribution in [2.75, 3.05) is 5.32 Å². The minimum absolute atomic E-state index is 0.0894. The molecule has 3 rings (SSSR count). The first-order chi connectivity index (χ1) is 13.3. The molecule has 0 saturated carbocycles. The van der Waals surface area contributed by atoms with Crippen molar-refractivity contribution in [1.29, 1.82) is 0 Å². The number of ketones is 1. The Balaban J connectivity index is 1.73. The summed E-state index contributed by atoms with van der Waals surface area (Å²) in [7, 11) is 0. The number of nitrogens with one attached hydrogen (secondary N) is 1. The predicted octanol–water partition coefficient (Wildman–Crippen LogP) is 5.52. The molecular formula is C21H17F3N2O2. The molecule has 2 aromatic carbocycles. The number of aromatic nitrogens is 1. The van der Waals surface area contributed by atoms with Gasteiger partial charge in [-0.15, -0.1) is 13.2 Å². The number of carbonyl (C=O) groups excluding carboxylic acids is 1. The summed E-state index contributed by atoms with van der Waals surface area (Å²) in [6.07, 6.45) is -2.71. The van der Waals surface area contributed by atoms with E-state index in [1.165, 1.54) is 18.2 Å². The highest BCUT2D eigenvalue weighted by Gasteiger charge is 2.31. The molecule has 0 aliphatic rings. The number of Topliss-reactive ketones (excluding diaryl/α,β-unsaturated/α-hetero) is 1. The summed E-state index contributed by atoms with van der Waals surface area (Å²) in [6, 6.07) is 16.7. The molecule has 4 nitrogen and oxygen atoms in total. The van der Waals surface area contributed by atoms with Crippen LogP contribution in [-0.4, -0.2) is 17.1 Å². The third-order valence-corrected chi connectivity index (χ3v) is 3.82. The molecule has 0 radical (unpaired) electrons. The van der Waals surface area contributed by atoms with E-state index < -0.39 is 6.36 Å². The number of benzene rings is 2. The van der Waals surface area contributed by atoms with Gasteiger partial charge in [-0.25, -0.2) is 4.98 Å². The highest BCUT2D eigenvalue weighted by Crippen LogP contribution is 2.27. The van der Waals surface area contributed by atoms with E-state index in [0.29, 0.717) is 17.9 Å². The molecule has 0 unspecified atom stereocenters. The van der Waals surface area contributed by atoms with Crippen LogP contribution in [0, 0.1) is 0 Å². The standard InChI is InChI=1S/C21H17F3N2O2/c1-14(27)10-15-4-2-5-16(11-15)17-8-9-20(25-13-17)26-18-6-3-7-19(12-18)28-21(22,23)24/h2-9,11-13H,10H2,1H3,(H,25,26). The molecule has 0 atom stereocenters. The first kappa shape index (κ1) is 19.4. The van der Waals surface area contributed by atoms with Gasteiger partial charge in [-0.05, 0) is 42.3 Å². The van der Waals surface area contributed by atoms with Crippen LogP contribution >= 0.6 is 0 Å². The minimum atomic E-state index is -4.74. The van der Waals surface area contributed by atoms with Crippen LogP contribution in [0.4, 0.5) is 24.7 Å². The highest BCUT2D eigenvalue weighted by atomic mass is 19.4. The molecule has 28 heavy (non-hydrogen) atoms. The third-order valence-electron chi connectivity index (χ3n) is 3.82. The lowest BCUT2D eigenvalue weighted by molar-refractivity contribution is -0.274. The second-order valence-corrected chi connectivity index (χ2v) is 6.21. The topological polar surface area (TPSA) is 51.2 Å². The van der Waals surface area contributed by atoms with E-state index in [0.717, 1.165) is 16.7 Å². The maximum Gasteiger partial charge on any atom is 0.573 e. The molecule has 0 fully saturated rings. The van der Waals surface area contributed by atoms with Gasteiger partial charge in [0.05, 0.1) is 0 Å². The Bertz CT molecular complexity index is 970. The number of pyridine rings is 1. The fourth-order valence-corrected chi connectivity index (χ4v) is 2.71. The van der Waals surface area contributed by atoms with Crippen LogP contribution in [0.25, 0.3) is 11.1 Å². The Morgan fingerprint density at radius 2 is 1.82 bits per heavy atom. The summed E-state index contributed by atoms with van der Waals surface area (Å²) in [5, 5.41) is 2.94. The second kappa shape index (κ2) is 8.12. The van der Waals surface area contributed by atoms with E-state index in [1.807, 2.05) is 30.3 Å². The lowest BCUT2D eigenvalue weighted by atomic mass is 10.0. The minimum Gasteiger partial charge on any atom is -0.406 e. The van der Waals surface area contributed by atoms with E-state index in [4.69, 9.17) is 0 Å². The molecule has 0 aliphatic heterocycles. The van der Waals surface area contributed by atoms with Crippen molar-refractivity contribution in [2.45, 2.75) is 19.7 Å². The first-order valence-electron chi connectivity index (χ1n) is 8.46. The number of ether oxygens (including phenoxy) is 1. The van der Waals surface area contributed by atoms with Crippen LogP contribution in [0.2, 0.25) is 0 Å². The molecular weight excluding hydrogens is 369 g/mol. The van der Waals surface area contributed by atoms with E-state index in [1.54, 1.807) is 25.3 Å². The number of hydrogen-bond acceptors (Lipinski definition) is 4. The maximum absolute atomic E-state index is 12.3. The van der Waals surface area contributed by atoms with Gasteiger partial charge in [0.2, 0.25) is 0 Å². The quantitative estimate of drug-likeness (QED) is 0.606. The summed E-state index contributed by atoms with van der Waals surface area (Å²) in [5.74, 6) is 0.260. The largest absolute Gasteiger partial charge is 0.573 e. The Kier molecular flexibility index (Phi) is 5.63. The molecule has 1 N–H and O–H groups in total. The number of rotatable bonds is 6. The number of nitrogens with zero attached hydrogens (tertiary/aromatic N) is 1. The van der Waals surface area contributed by atoms with E-state index in [9.17, 15) is 18.0 Å². The van der Waals surface area contributed by atoms with Gasteiger partial charge in [-0.1, -0.05) is 30.3 Å². The SMILES string of the molecule is CC(=O)Cc1cccc(-c2ccc(Nc3cccc(OC(F)(F)F)c3)nc2)c1. The Morgan fingerprint density at radius 1 is 1.04 bits per heavy atom. The molecule has 7 heteroatoms. The summed E-state index contributed by atoms with van der Waals surface area (Å²) < 4.78 is 40.9. The lowest BCUT2D eigenvalue weighted by Crippen LogP contribution is -2.17. The van der Waals surface area contributed by atoms with Crippen LogP contribution in [0.5, 0.6) is 5.75 Å². The van der Waals surface area contributed by atoms with Crippen molar-refractivity contribution in [1.82, 2.24) is 4.98 Å². The molecule has 0 amide bonds. The molecule has 0 bridgehead atoms. The molecule has 1 heterocycles. The number of alkyl halides is 3. The van der Waals surface area contributed by atoms with Gasteiger partial charge in [-0.2, -0.15) is 0 Å². The van der Waals surface area contributed by atoms with Crippen molar-refractivity contribution < 1.29 is 22.7 Å². The normalized spacial score (nSPS) is 11.1. The smallest absolute Gasteiger partial charge is 0.406 e. The van der Waals surface area contributed by atoms with Gasteiger partial charge in [0, 0.05) is 29.9 Å². The summed E-state index contributed by atoms with van der Waals surface area (Å²) in [6.45, 7) is 1.55. The Hall–Kier alpha value is -3.35. The van der Waals surface area contributed by atoms with Crippen molar-refractivity contribution in [3.8, 4) is 16.9 Å². The average molecular weight is 386 g/mol. The fraction of sp³-hybridized carbons (Fsp3) is 0.143.